The lowest BCUT2D eigenvalue weighted by Gasteiger charge is -2.18. The van der Waals surface area contributed by atoms with Crippen LogP contribution in [0.5, 0.6) is 5.75 Å². The van der Waals surface area contributed by atoms with Gasteiger partial charge in [-0.3, -0.25) is 0 Å². The van der Waals surface area contributed by atoms with E-state index in [0.29, 0.717) is 5.56 Å². The van der Waals surface area contributed by atoms with Gasteiger partial charge in [-0.15, -0.1) is 0 Å². The first-order chi connectivity index (χ1) is 8.69. The van der Waals surface area contributed by atoms with Crippen LogP contribution in [0, 0.1) is 7.14 Å². The number of amides is 1. The minimum absolute atomic E-state index is 0.135. The zero-order chi connectivity index (χ0) is 14.6. The summed E-state index contributed by atoms with van der Waals surface area (Å²) in [5, 5.41) is 13.6. The number of rotatable bonds is 2. The largest absolute Gasteiger partial charge is 0.506 e. The maximum Gasteiger partial charge on any atom is 0.428 e. The number of nitrogens with zero attached hydrogens (tertiary/aromatic N) is 1. The molecule has 1 rings (SSSR count). The molecule has 7 heteroatoms. The smallest absolute Gasteiger partial charge is 0.428 e. The zero-order valence-corrected chi connectivity index (χ0v) is 15.0. The van der Waals surface area contributed by atoms with Crippen molar-refractivity contribution in [3.05, 3.63) is 24.8 Å². The number of carbonyl (C=O) groups is 1. The minimum atomic E-state index is -0.636. The maximum absolute atomic E-state index is 11.4. The summed E-state index contributed by atoms with van der Waals surface area (Å²) in [6.07, 6.45) is 0.743. The van der Waals surface area contributed by atoms with E-state index in [9.17, 15) is 9.90 Å². The second-order valence-corrected chi connectivity index (χ2v) is 7.11. The van der Waals surface area contributed by atoms with Crippen LogP contribution in [0.3, 0.4) is 0 Å². The van der Waals surface area contributed by atoms with Crippen LogP contribution in [0.15, 0.2) is 17.2 Å². The molecule has 104 valence electrons. The van der Waals surface area contributed by atoms with Gasteiger partial charge in [0.1, 0.15) is 11.4 Å². The van der Waals surface area contributed by atoms with E-state index in [-0.39, 0.29) is 5.75 Å². The molecule has 0 fully saturated rings. The molecular formula is C12H14I2N2O3. The molecule has 0 unspecified atom stereocenters. The number of ether oxygens (including phenoxy) is 1. The van der Waals surface area contributed by atoms with E-state index < -0.39 is 11.7 Å². The number of hydrazone groups is 1. The first-order valence-electron chi connectivity index (χ1n) is 5.39. The van der Waals surface area contributed by atoms with Gasteiger partial charge in [0.2, 0.25) is 0 Å². The average Bonchev–Trinajstić information content (AvgIpc) is 2.22. The predicted octanol–water partition coefficient (Wildman–Crippen LogP) is 3.46. The standard InChI is InChI=1S/C12H14I2N2O3/c1-12(2,3)19-11(18)16-15-6-7-4-8(13)5-9(14)10(7)17/h4-6,17H,1-3H3,(H,16,18)/b15-6-. The SMILES string of the molecule is CC(C)(C)OC(=O)N/N=C\c1cc(I)cc(I)c1O. The lowest BCUT2D eigenvalue weighted by atomic mass is 10.2. The van der Waals surface area contributed by atoms with Crippen LogP contribution in [0.2, 0.25) is 0 Å². The van der Waals surface area contributed by atoms with Crippen LogP contribution >= 0.6 is 45.2 Å². The lowest BCUT2D eigenvalue weighted by Crippen LogP contribution is -2.29. The Bertz CT molecular complexity index is 510. The van der Waals surface area contributed by atoms with Gasteiger partial charge >= 0.3 is 6.09 Å². The Morgan fingerprint density at radius 3 is 2.63 bits per heavy atom. The summed E-state index contributed by atoms with van der Waals surface area (Å²) in [6.45, 7) is 5.30. The number of benzene rings is 1. The molecule has 0 atom stereocenters. The summed E-state index contributed by atoms with van der Waals surface area (Å²) < 4.78 is 6.72. The highest BCUT2D eigenvalue weighted by Gasteiger charge is 2.15. The highest BCUT2D eigenvalue weighted by Crippen LogP contribution is 2.25. The second-order valence-electron chi connectivity index (χ2n) is 4.70. The molecule has 0 saturated carbocycles. The quantitative estimate of drug-likeness (QED) is 0.381. The zero-order valence-electron chi connectivity index (χ0n) is 10.7. The van der Waals surface area contributed by atoms with Crippen LogP contribution in [-0.2, 0) is 4.74 Å². The second kappa shape index (κ2) is 6.73. The Hall–Kier alpha value is -0.580. The van der Waals surface area contributed by atoms with Gasteiger partial charge in [-0.05, 0) is 78.1 Å². The summed E-state index contributed by atoms with van der Waals surface area (Å²) >= 11 is 4.17. The molecule has 1 amide bonds. The molecule has 19 heavy (non-hydrogen) atoms. The van der Waals surface area contributed by atoms with Gasteiger partial charge in [-0.1, -0.05) is 0 Å². The lowest BCUT2D eigenvalue weighted by molar-refractivity contribution is 0.0529. The van der Waals surface area contributed by atoms with Gasteiger partial charge < -0.3 is 9.84 Å². The molecule has 5 nitrogen and oxygen atoms in total. The minimum Gasteiger partial charge on any atom is -0.506 e. The number of nitrogens with one attached hydrogen (secondary N) is 1. The Kier molecular flexibility index (Phi) is 5.83. The van der Waals surface area contributed by atoms with Gasteiger partial charge in [0.25, 0.3) is 0 Å². The molecule has 0 bridgehead atoms. The van der Waals surface area contributed by atoms with Gasteiger partial charge in [0.15, 0.2) is 0 Å². The number of phenolic OH excluding ortho intramolecular Hbond substituents is 1. The van der Waals surface area contributed by atoms with Crippen molar-refractivity contribution in [2.24, 2.45) is 5.10 Å². The van der Waals surface area contributed by atoms with E-state index in [1.165, 1.54) is 6.21 Å². The van der Waals surface area contributed by atoms with E-state index >= 15 is 0 Å². The van der Waals surface area contributed by atoms with E-state index in [4.69, 9.17) is 4.74 Å². The van der Waals surface area contributed by atoms with Crippen LogP contribution in [0.4, 0.5) is 4.79 Å². The fourth-order valence-corrected chi connectivity index (χ4v) is 3.03. The molecule has 0 spiro atoms. The Morgan fingerprint density at radius 2 is 2.05 bits per heavy atom. The van der Waals surface area contributed by atoms with Crippen molar-refractivity contribution in [1.29, 1.82) is 0 Å². The van der Waals surface area contributed by atoms with Gasteiger partial charge in [0.05, 0.1) is 9.78 Å². The molecule has 1 aromatic carbocycles. The van der Waals surface area contributed by atoms with Crippen molar-refractivity contribution in [2.45, 2.75) is 26.4 Å². The van der Waals surface area contributed by atoms with Crippen molar-refractivity contribution < 1.29 is 14.6 Å². The van der Waals surface area contributed by atoms with Gasteiger partial charge in [-0.2, -0.15) is 5.10 Å². The topological polar surface area (TPSA) is 70.9 Å². The summed E-state index contributed by atoms with van der Waals surface area (Å²) in [4.78, 5) is 11.4. The molecule has 0 saturated heterocycles. The van der Waals surface area contributed by atoms with Crippen LogP contribution in [0.1, 0.15) is 26.3 Å². The number of halogens is 2. The predicted molar refractivity (Wildman–Crippen MR) is 90.5 cm³/mol. The number of carbonyl (C=O) groups excluding carboxylic acids is 1. The molecule has 0 aliphatic rings. The van der Waals surface area contributed by atoms with Crippen molar-refractivity contribution in [3.63, 3.8) is 0 Å². The molecule has 1 aromatic rings. The third-order valence-corrected chi connectivity index (χ3v) is 3.26. The van der Waals surface area contributed by atoms with Crippen molar-refractivity contribution >= 4 is 57.5 Å². The first kappa shape index (κ1) is 16.5. The highest BCUT2D eigenvalue weighted by atomic mass is 127. The molecule has 0 aliphatic carbocycles. The van der Waals surface area contributed by atoms with E-state index in [0.717, 1.165) is 7.14 Å². The number of phenols is 1. The fraction of sp³-hybridized carbons (Fsp3) is 0.333. The van der Waals surface area contributed by atoms with Crippen LogP contribution < -0.4 is 5.43 Å². The Labute approximate surface area is 139 Å². The van der Waals surface area contributed by atoms with E-state index in [2.05, 4.69) is 33.1 Å². The third kappa shape index (κ3) is 5.93. The Balaban J connectivity index is 2.71. The van der Waals surface area contributed by atoms with Crippen molar-refractivity contribution in [3.8, 4) is 5.75 Å². The molecular weight excluding hydrogens is 474 g/mol. The monoisotopic (exact) mass is 488 g/mol. The van der Waals surface area contributed by atoms with E-state index in [1.54, 1.807) is 26.8 Å². The van der Waals surface area contributed by atoms with E-state index in [1.807, 2.05) is 28.7 Å². The third-order valence-electron chi connectivity index (χ3n) is 1.82. The molecule has 0 heterocycles. The number of aromatic hydroxyl groups is 1. The summed E-state index contributed by atoms with van der Waals surface area (Å²) in [7, 11) is 0. The molecule has 0 radical (unpaired) electrons. The van der Waals surface area contributed by atoms with Crippen molar-refractivity contribution in [1.82, 2.24) is 5.43 Å². The summed E-state index contributed by atoms with van der Waals surface area (Å²) in [5.74, 6) is 0.135. The van der Waals surface area contributed by atoms with Gasteiger partial charge in [-0.25, -0.2) is 10.2 Å². The maximum atomic E-state index is 11.4. The normalized spacial score (nSPS) is 11.6. The van der Waals surface area contributed by atoms with Gasteiger partial charge in [0, 0.05) is 9.13 Å². The summed E-state index contributed by atoms with van der Waals surface area (Å²) in [6, 6.07) is 3.60. The van der Waals surface area contributed by atoms with Crippen molar-refractivity contribution in [2.75, 3.05) is 0 Å². The number of hydrogen-bond acceptors (Lipinski definition) is 4. The average molecular weight is 488 g/mol. The first-order valence-corrected chi connectivity index (χ1v) is 7.55. The summed E-state index contributed by atoms with van der Waals surface area (Å²) in [5.41, 5.74) is 2.21. The molecule has 0 aliphatic heterocycles. The van der Waals surface area contributed by atoms with Crippen LogP contribution in [-0.4, -0.2) is 23.0 Å². The molecule has 0 aromatic heterocycles. The molecule has 2 N–H and O–H groups in total. The highest BCUT2D eigenvalue weighted by molar-refractivity contribution is 14.1. The van der Waals surface area contributed by atoms with Crippen LogP contribution in [0.25, 0.3) is 0 Å². The number of hydrogen-bond donors (Lipinski definition) is 2. The Morgan fingerprint density at radius 1 is 1.42 bits per heavy atom. The fourth-order valence-electron chi connectivity index (χ4n) is 1.14.